The van der Waals surface area contributed by atoms with E-state index in [4.69, 9.17) is 11.5 Å². The second-order valence-corrected chi connectivity index (χ2v) is 5.77. The van der Waals surface area contributed by atoms with Crippen LogP contribution in [0.25, 0.3) is 0 Å². The molecule has 16 heavy (non-hydrogen) atoms. The van der Waals surface area contributed by atoms with Crippen molar-refractivity contribution in [1.82, 2.24) is 4.90 Å². The molecule has 4 unspecified atom stereocenters. The minimum Gasteiger partial charge on any atom is -0.368 e. The van der Waals surface area contributed by atoms with E-state index in [2.05, 4.69) is 25.7 Å². The van der Waals surface area contributed by atoms with Crippen LogP contribution in [0, 0.1) is 11.8 Å². The Balaban J connectivity index is 2.68. The number of hydrogen-bond donors (Lipinski definition) is 2. The zero-order valence-electron chi connectivity index (χ0n) is 10.9. The van der Waals surface area contributed by atoms with Crippen molar-refractivity contribution in [2.45, 2.75) is 45.7 Å². The highest BCUT2D eigenvalue weighted by Crippen LogP contribution is 2.27. The lowest BCUT2D eigenvalue weighted by Crippen LogP contribution is -2.60. The van der Waals surface area contributed by atoms with Crippen LogP contribution in [0.4, 0.5) is 0 Å². The van der Waals surface area contributed by atoms with Gasteiger partial charge < -0.3 is 11.5 Å². The van der Waals surface area contributed by atoms with E-state index in [1.807, 2.05) is 0 Å². The summed E-state index contributed by atoms with van der Waals surface area (Å²) in [6.45, 7) is 9.97. The molecule has 4 N–H and O–H groups in total. The van der Waals surface area contributed by atoms with E-state index in [0.717, 1.165) is 6.54 Å². The quantitative estimate of drug-likeness (QED) is 0.740. The number of hydrogen-bond acceptors (Lipinski definition) is 3. The van der Waals surface area contributed by atoms with Crippen LogP contribution in [-0.4, -0.2) is 35.5 Å². The molecule has 1 heterocycles. The van der Waals surface area contributed by atoms with E-state index in [1.54, 1.807) is 6.92 Å². The van der Waals surface area contributed by atoms with Crippen LogP contribution in [0.3, 0.4) is 0 Å². The third-order valence-corrected chi connectivity index (χ3v) is 3.81. The fourth-order valence-corrected chi connectivity index (χ4v) is 2.54. The SMILES string of the molecule is CC1CC(C)C(C)N(CC(C)(N)C(N)=O)C1. The number of amides is 1. The maximum atomic E-state index is 11.2. The summed E-state index contributed by atoms with van der Waals surface area (Å²) in [5.74, 6) is 0.882. The number of nitrogens with zero attached hydrogens (tertiary/aromatic N) is 1. The molecule has 1 fully saturated rings. The first kappa shape index (κ1) is 13.5. The van der Waals surface area contributed by atoms with Crippen molar-refractivity contribution in [3.63, 3.8) is 0 Å². The molecule has 1 aliphatic rings. The van der Waals surface area contributed by atoms with Gasteiger partial charge >= 0.3 is 0 Å². The summed E-state index contributed by atoms with van der Waals surface area (Å²) < 4.78 is 0. The lowest BCUT2D eigenvalue weighted by Gasteiger charge is -2.43. The first-order chi connectivity index (χ1) is 7.24. The lowest BCUT2D eigenvalue weighted by molar-refractivity contribution is -0.123. The highest BCUT2D eigenvalue weighted by atomic mass is 16.1. The molecule has 1 aliphatic heterocycles. The summed E-state index contributed by atoms with van der Waals surface area (Å²) in [5, 5.41) is 0. The molecular formula is C12H25N3O. The Labute approximate surface area is 98.3 Å². The smallest absolute Gasteiger partial charge is 0.238 e. The normalized spacial score (nSPS) is 35.7. The number of carbonyl (C=O) groups is 1. The molecule has 0 aromatic carbocycles. The molecule has 1 rings (SSSR count). The molecule has 0 aliphatic carbocycles. The second-order valence-electron chi connectivity index (χ2n) is 5.77. The Morgan fingerprint density at radius 2 is 2.00 bits per heavy atom. The van der Waals surface area contributed by atoms with E-state index in [9.17, 15) is 4.79 Å². The van der Waals surface area contributed by atoms with Crippen LogP contribution in [0.2, 0.25) is 0 Å². The molecule has 1 amide bonds. The summed E-state index contributed by atoms with van der Waals surface area (Å²) in [6, 6.07) is 0.471. The fraction of sp³-hybridized carbons (Fsp3) is 0.917. The largest absolute Gasteiger partial charge is 0.368 e. The van der Waals surface area contributed by atoms with E-state index in [-0.39, 0.29) is 0 Å². The predicted molar refractivity (Wildman–Crippen MR) is 65.8 cm³/mol. The maximum absolute atomic E-state index is 11.2. The standard InChI is InChI=1S/C12H25N3O/c1-8-5-9(2)10(3)15(6-8)7-12(4,14)11(13)16/h8-10H,5-7,14H2,1-4H3,(H2,13,16). The summed E-state index contributed by atoms with van der Waals surface area (Å²) in [5.41, 5.74) is 10.3. The van der Waals surface area contributed by atoms with Gasteiger partial charge in [0.25, 0.3) is 0 Å². The zero-order chi connectivity index (χ0) is 12.5. The molecule has 4 heteroatoms. The third-order valence-electron chi connectivity index (χ3n) is 3.81. The van der Waals surface area contributed by atoms with Gasteiger partial charge in [0.15, 0.2) is 0 Å². The highest BCUT2D eigenvalue weighted by molar-refractivity contribution is 5.84. The molecular weight excluding hydrogens is 202 g/mol. The average molecular weight is 227 g/mol. The number of likely N-dealkylation sites (tertiary alicyclic amines) is 1. The number of piperidine rings is 1. The number of carbonyl (C=O) groups excluding carboxylic acids is 1. The van der Waals surface area contributed by atoms with Gasteiger partial charge in [0, 0.05) is 19.1 Å². The number of rotatable bonds is 3. The van der Waals surface area contributed by atoms with E-state index < -0.39 is 11.4 Å². The summed E-state index contributed by atoms with van der Waals surface area (Å²) in [6.07, 6.45) is 1.25. The Kier molecular flexibility index (Phi) is 3.97. The molecule has 4 nitrogen and oxygen atoms in total. The van der Waals surface area contributed by atoms with Gasteiger partial charge in [-0.2, -0.15) is 0 Å². The number of nitrogens with two attached hydrogens (primary N) is 2. The third kappa shape index (κ3) is 2.95. The minimum atomic E-state index is -0.926. The maximum Gasteiger partial charge on any atom is 0.238 e. The molecule has 94 valence electrons. The van der Waals surface area contributed by atoms with Crippen LogP contribution in [-0.2, 0) is 4.79 Å². The van der Waals surface area contributed by atoms with Crippen LogP contribution < -0.4 is 11.5 Å². The first-order valence-electron chi connectivity index (χ1n) is 6.07. The lowest BCUT2D eigenvalue weighted by atomic mass is 9.85. The van der Waals surface area contributed by atoms with E-state index in [1.165, 1.54) is 6.42 Å². The van der Waals surface area contributed by atoms with Crippen molar-refractivity contribution in [2.75, 3.05) is 13.1 Å². The van der Waals surface area contributed by atoms with Gasteiger partial charge in [0.1, 0.15) is 5.54 Å². The van der Waals surface area contributed by atoms with Gasteiger partial charge in [0.2, 0.25) is 5.91 Å². The molecule has 0 spiro atoms. The Hall–Kier alpha value is -0.610. The van der Waals surface area contributed by atoms with E-state index >= 15 is 0 Å². The molecule has 0 aromatic heterocycles. The average Bonchev–Trinajstić information content (AvgIpc) is 2.12. The van der Waals surface area contributed by atoms with Crippen LogP contribution in [0.5, 0.6) is 0 Å². The summed E-state index contributed by atoms with van der Waals surface area (Å²) in [4.78, 5) is 13.5. The van der Waals surface area contributed by atoms with Gasteiger partial charge in [-0.15, -0.1) is 0 Å². The summed E-state index contributed by atoms with van der Waals surface area (Å²) >= 11 is 0. The zero-order valence-corrected chi connectivity index (χ0v) is 10.9. The molecule has 1 saturated heterocycles. The van der Waals surface area contributed by atoms with Gasteiger partial charge in [-0.05, 0) is 32.1 Å². The van der Waals surface area contributed by atoms with Gasteiger partial charge in [-0.25, -0.2) is 0 Å². The van der Waals surface area contributed by atoms with Crippen LogP contribution in [0.1, 0.15) is 34.1 Å². The Bertz CT molecular complexity index is 265. The van der Waals surface area contributed by atoms with Crippen molar-refractivity contribution in [2.24, 2.45) is 23.3 Å². The highest BCUT2D eigenvalue weighted by Gasteiger charge is 2.35. The first-order valence-corrected chi connectivity index (χ1v) is 6.07. The number of primary amides is 1. The van der Waals surface area contributed by atoms with Gasteiger partial charge in [0.05, 0.1) is 0 Å². The minimum absolute atomic E-state index is 0.425. The molecule has 4 atom stereocenters. The van der Waals surface area contributed by atoms with Crippen molar-refractivity contribution in [3.05, 3.63) is 0 Å². The Morgan fingerprint density at radius 1 is 1.44 bits per heavy atom. The molecule has 0 radical (unpaired) electrons. The predicted octanol–water partition coefficient (Wildman–Crippen LogP) is 0.556. The van der Waals surface area contributed by atoms with Crippen molar-refractivity contribution >= 4 is 5.91 Å². The molecule has 0 bridgehead atoms. The second kappa shape index (κ2) is 4.72. The van der Waals surface area contributed by atoms with Crippen molar-refractivity contribution in [3.8, 4) is 0 Å². The molecule has 0 saturated carbocycles. The van der Waals surface area contributed by atoms with Gasteiger partial charge in [-0.3, -0.25) is 9.69 Å². The monoisotopic (exact) mass is 227 g/mol. The Morgan fingerprint density at radius 3 is 2.50 bits per heavy atom. The van der Waals surface area contributed by atoms with Crippen LogP contribution >= 0.6 is 0 Å². The van der Waals surface area contributed by atoms with Crippen molar-refractivity contribution in [1.29, 1.82) is 0 Å². The van der Waals surface area contributed by atoms with Crippen LogP contribution in [0.15, 0.2) is 0 Å². The summed E-state index contributed by atoms with van der Waals surface area (Å²) in [7, 11) is 0. The van der Waals surface area contributed by atoms with Gasteiger partial charge in [-0.1, -0.05) is 13.8 Å². The fourth-order valence-electron chi connectivity index (χ4n) is 2.54. The topological polar surface area (TPSA) is 72.3 Å². The van der Waals surface area contributed by atoms with E-state index in [0.29, 0.717) is 24.4 Å². The van der Waals surface area contributed by atoms with Crippen molar-refractivity contribution < 1.29 is 4.79 Å². The molecule has 0 aromatic rings.